The third-order valence-electron chi connectivity index (χ3n) is 7.41. The predicted molar refractivity (Wildman–Crippen MR) is 134 cm³/mol. The number of hydrogen-bond acceptors (Lipinski definition) is 3. The minimum absolute atomic E-state index is 0.0179. The fourth-order valence-electron chi connectivity index (χ4n) is 5.24. The molecular weight excluding hydrogens is 436 g/mol. The topological polar surface area (TPSA) is 68.4 Å². The summed E-state index contributed by atoms with van der Waals surface area (Å²) in [4.78, 5) is 33.3. The van der Waals surface area contributed by atoms with E-state index in [4.69, 9.17) is 11.6 Å². The van der Waals surface area contributed by atoms with Crippen molar-refractivity contribution >= 4 is 34.3 Å². The van der Waals surface area contributed by atoms with Crippen LogP contribution in [0.1, 0.15) is 62.4 Å². The van der Waals surface area contributed by atoms with Crippen LogP contribution in [-0.2, 0) is 4.79 Å². The largest absolute Gasteiger partial charge is 0.356 e. The molecule has 2 aliphatic heterocycles. The van der Waals surface area contributed by atoms with Gasteiger partial charge >= 0.3 is 0 Å². The lowest BCUT2D eigenvalue weighted by molar-refractivity contribution is -0.126. The number of halogens is 1. The highest BCUT2D eigenvalue weighted by Gasteiger charge is 2.30. The number of piperidine rings is 1. The van der Waals surface area contributed by atoms with Gasteiger partial charge in [-0.15, -0.1) is 0 Å². The second-order valence-corrected chi connectivity index (χ2v) is 10.2. The van der Waals surface area contributed by atoms with E-state index in [1.807, 2.05) is 36.1 Å². The zero-order chi connectivity index (χ0) is 23.2. The van der Waals surface area contributed by atoms with Gasteiger partial charge in [0.25, 0.3) is 5.91 Å². The van der Waals surface area contributed by atoms with Crippen molar-refractivity contribution in [2.45, 2.75) is 51.9 Å². The second kappa shape index (κ2) is 11.4. The van der Waals surface area contributed by atoms with E-state index in [-0.39, 0.29) is 17.7 Å². The lowest BCUT2D eigenvalue weighted by Crippen LogP contribution is -2.43. The quantitative estimate of drug-likeness (QED) is 0.574. The van der Waals surface area contributed by atoms with Crippen LogP contribution >= 0.6 is 11.6 Å². The second-order valence-electron chi connectivity index (χ2n) is 9.73. The molecule has 2 amide bonds. The Balaban J connectivity index is 1.19. The van der Waals surface area contributed by atoms with Crippen LogP contribution in [0.15, 0.2) is 24.3 Å². The monoisotopic (exact) mass is 472 g/mol. The van der Waals surface area contributed by atoms with Gasteiger partial charge in [0.1, 0.15) is 5.69 Å². The smallest absolute Gasteiger partial charge is 0.270 e. The molecule has 3 heterocycles. The molecule has 7 heteroatoms. The summed E-state index contributed by atoms with van der Waals surface area (Å²) in [6, 6.07) is 7.46. The molecule has 2 aliphatic rings. The third kappa shape index (κ3) is 6.30. The Bertz CT molecular complexity index is 943. The van der Waals surface area contributed by atoms with E-state index in [0.29, 0.717) is 29.7 Å². The first-order valence-corrected chi connectivity index (χ1v) is 13.0. The van der Waals surface area contributed by atoms with Crippen molar-refractivity contribution in [1.82, 2.24) is 20.1 Å². The van der Waals surface area contributed by atoms with Crippen LogP contribution < -0.4 is 5.32 Å². The van der Waals surface area contributed by atoms with Gasteiger partial charge in [0.05, 0.1) is 0 Å². The summed E-state index contributed by atoms with van der Waals surface area (Å²) < 4.78 is 0. The van der Waals surface area contributed by atoms with Gasteiger partial charge in [-0.05, 0) is 81.9 Å². The van der Waals surface area contributed by atoms with E-state index in [0.717, 1.165) is 43.3 Å². The summed E-state index contributed by atoms with van der Waals surface area (Å²) in [6.45, 7) is 7.64. The summed E-state index contributed by atoms with van der Waals surface area (Å²) in [6.07, 6.45) is 8.05. The molecule has 0 unspecified atom stereocenters. The van der Waals surface area contributed by atoms with E-state index < -0.39 is 0 Å². The zero-order valence-electron chi connectivity index (χ0n) is 19.7. The summed E-state index contributed by atoms with van der Waals surface area (Å²) in [5, 5.41) is 4.76. The molecule has 0 radical (unpaired) electrons. The Labute approximate surface area is 202 Å². The maximum atomic E-state index is 13.0. The van der Waals surface area contributed by atoms with Crippen LogP contribution in [0.5, 0.6) is 0 Å². The zero-order valence-corrected chi connectivity index (χ0v) is 20.5. The van der Waals surface area contributed by atoms with E-state index in [1.54, 1.807) is 0 Å². The minimum Gasteiger partial charge on any atom is -0.356 e. The summed E-state index contributed by atoms with van der Waals surface area (Å²) >= 11 is 6.06. The molecule has 1 atom stereocenters. The highest BCUT2D eigenvalue weighted by molar-refractivity contribution is 6.31. The van der Waals surface area contributed by atoms with Gasteiger partial charge in [0.2, 0.25) is 5.91 Å². The van der Waals surface area contributed by atoms with Crippen LogP contribution in [0, 0.1) is 11.8 Å². The SMILES string of the molecule is C[C@H](C(=O)NCCCN1CCCCCC1)C1CCN(C(=O)c2cc3cc(Cl)ccc3[nH]2)CC1. The molecular formula is C26H37ClN4O2. The number of amides is 2. The normalized spacial score (nSPS) is 19.4. The molecule has 0 aliphatic carbocycles. The minimum atomic E-state index is -0.0179. The fourth-order valence-corrected chi connectivity index (χ4v) is 5.42. The Morgan fingerprint density at radius 1 is 1.09 bits per heavy atom. The van der Waals surface area contributed by atoms with E-state index >= 15 is 0 Å². The highest BCUT2D eigenvalue weighted by atomic mass is 35.5. The van der Waals surface area contributed by atoms with E-state index in [1.165, 1.54) is 38.8 Å². The van der Waals surface area contributed by atoms with Crippen molar-refractivity contribution < 1.29 is 9.59 Å². The average Bonchev–Trinajstić information content (AvgIpc) is 3.07. The number of H-pyrrole nitrogens is 1. The van der Waals surface area contributed by atoms with Crippen molar-refractivity contribution in [3.63, 3.8) is 0 Å². The molecule has 0 bridgehead atoms. The number of fused-ring (bicyclic) bond motifs is 1. The van der Waals surface area contributed by atoms with E-state index in [2.05, 4.69) is 15.2 Å². The molecule has 2 saturated heterocycles. The molecule has 1 aromatic carbocycles. The number of hydrogen-bond donors (Lipinski definition) is 2. The van der Waals surface area contributed by atoms with Crippen molar-refractivity contribution in [3.05, 3.63) is 35.0 Å². The standard InChI is InChI=1S/C26H37ClN4O2/c1-19(25(32)28-11-6-14-30-12-4-2-3-5-13-30)20-9-15-31(16-10-20)26(33)24-18-21-17-22(27)7-8-23(21)29-24/h7-8,17-20,29H,2-6,9-16H2,1H3,(H,28,32)/t19-/m0/s1. The van der Waals surface area contributed by atoms with Gasteiger partial charge in [-0.25, -0.2) is 0 Å². The molecule has 0 saturated carbocycles. The molecule has 2 N–H and O–H groups in total. The predicted octanol–water partition coefficient (Wildman–Crippen LogP) is 4.69. The maximum absolute atomic E-state index is 13.0. The Morgan fingerprint density at radius 2 is 1.82 bits per heavy atom. The number of carbonyl (C=O) groups is 2. The van der Waals surface area contributed by atoms with Crippen molar-refractivity contribution in [2.24, 2.45) is 11.8 Å². The van der Waals surface area contributed by atoms with Crippen LogP contribution in [0.4, 0.5) is 0 Å². The lowest BCUT2D eigenvalue weighted by atomic mass is 9.84. The molecule has 2 aromatic rings. The average molecular weight is 473 g/mol. The van der Waals surface area contributed by atoms with Gasteiger partial charge < -0.3 is 20.1 Å². The number of rotatable bonds is 7. The van der Waals surface area contributed by atoms with Gasteiger partial charge in [0.15, 0.2) is 0 Å². The van der Waals surface area contributed by atoms with Crippen molar-refractivity contribution in [3.8, 4) is 0 Å². The molecule has 33 heavy (non-hydrogen) atoms. The van der Waals surface area contributed by atoms with Gasteiger partial charge in [0, 0.05) is 41.5 Å². The first-order chi connectivity index (χ1) is 16.0. The van der Waals surface area contributed by atoms with E-state index in [9.17, 15) is 9.59 Å². The number of benzene rings is 1. The van der Waals surface area contributed by atoms with Crippen LogP contribution in [0.3, 0.4) is 0 Å². The molecule has 6 nitrogen and oxygen atoms in total. The molecule has 180 valence electrons. The van der Waals surface area contributed by atoms with Crippen LogP contribution in [0.25, 0.3) is 10.9 Å². The summed E-state index contributed by atoms with van der Waals surface area (Å²) in [7, 11) is 0. The number of aromatic nitrogens is 1. The van der Waals surface area contributed by atoms with Crippen molar-refractivity contribution in [2.75, 3.05) is 39.3 Å². The lowest BCUT2D eigenvalue weighted by Gasteiger charge is -2.34. The van der Waals surface area contributed by atoms with Crippen LogP contribution in [-0.4, -0.2) is 65.9 Å². The molecule has 2 fully saturated rings. The summed E-state index contributed by atoms with van der Waals surface area (Å²) in [5.41, 5.74) is 1.51. The highest BCUT2D eigenvalue weighted by Crippen LogP contribution is 2.27. The molecule has 0 spiro atoms. The molecule has 1 aromatic heterocycles. The number of likely N-dealkylation sites (tertiary alicyclic amines) is 2. The van der Waals surface area contributed by atoms with Crippen LogP contribution in [0.2, 0.25) is 5.02 Å². The Kier molecular flexibility index (Phi) is 8.31. The number of nitrogens with zero attached hydrogens (tertiary/aromatic N) is 2. The first-order valence-electron chi connectivity index (χ1n) is 12.6. The number of aromatic amines is 1. The van der Waals surface area contributed by atoms with Gasteiger partial charge in [-0.1, -0.05) is 31.4 Å². The van der Waals surface area contributed by atoms with Crippen molar-refractivity contribution in [1.29, 1.82) is 0 Å². The maximum Gasteiger partial charge on any atom is 0.270 e. The van der Waals surface area contributed by atoms with Gasteiger partial charge in [-0.3, -0.25) is 9.59 Å². The Hall–Kier alpha value is -2.05. The number of nitrogens with one attached hydrogen (secondary N) is 2. The Morgan fingerprint density at radius 3 is 2.55 bits per heavy atom. The third-order valence-corrected chi connectivity index (χ3v) is 7.64. The number of carbonyl (C=O) groups excluding carboxylic acids is 2. The fraction of sp³-hybridized carbons (Fsp3) is 0.615. The van der Waals surface area contributed by atoms with Gasteiger partial charge in [-0.2, -0.15) is 0 Å². The molecule has 4 rings (SSSR count). The first kappa shape index (κ1) is 24.1. The summed E-state index contributed by atoms with van der Waals surface area (Å²) in [5.74, 6) is 0.478.